The van der Waals surface area contributed by atoms with Crippen molar-refractivity contribution in [3.8, 4) is 11.5 Å². The van der Waals surface area contributed by atoms with Gasteiger partial charge >= 0.3 is 0 Å². The molecule has 0 unspecified atom stereocenters. The van der Waals surface area contributed by atoms with Gasteiger partial charge < -0.3 is 9.73 Å². The van der Waals surface area contributed by atoms with E-state index in [0.717, 1.165) is 21.2 Å². The monoisotopic (exact) mass is 451 g/mol. The molecule has 0 radical (unpaired) electrons. The van der Waals surface area contributed by atoms with Gasteiger partial charge in [-0.15, -0.1) is 10.2 Å². The summed E-state index contributed by atoms with van der Waals surface area (Å²) in [6.45, 7) is 3.86. The van der Waals surface area contributed by atoms with Crippen LogP contribution < -0.4 is 5.32 Å². The fraction of sp³-hybridized carbons (Fsp3) is 0.167. The molecule has 8 heteroatoms. The van der Waals surface area contributed by atoms with Crippen molar-refractivity contribution in [2.45, 2.75) is 19.1 Å². The Labute approximate surface area is 168 Å². The molecule has 2 aromatic carbocycles. The van der Waals surface area contributed by atoms with E-state index in [1.165, 1.54) is 11.8 Å². The highest BCUT2D eigenvalue weighted by Gasteiger charge is 2.13. The highest BCUT2D eigenvalue weighted by atomic mass is 79.9. The van der Waals surface area contributed by atoms with Gasteiger partial charge in [0.05, 0.1) is 16.5 Å². The fourth-order valence-electron chi connectivity index (χ4n) is 2.35. The van der Waals surface area contributed by atoms with Crippen molar-refractivity contribution >= 4 is 50.9 Å². The minimum absolute atomic E-state index is 0.144. The smallest absolute Gasteiger partial charge is 0.277 e. The van der Waals surface area contributed by atoms with Gasteiger partial charge in [0.15, 0.2) is 0 Å². The predicted octanol–water partition coefficient (Wildman–Crippen LogP) is 5.50. The number of nitrogens with zero attached hydrogens (tertiary/aromatic N) is 2. The zero-order chi connectivity index (χ0) is 18.7. The molecule has 0 saturated carbocycles. The van der Waals surface area contributed by atoms with Crippen LogP contribution in [0, 0.1) is 13.8 Å². The van der Waals surface area contributed by atoms with Crippen molar-refractivity contribution in [2.75, 3.05) is 11.1 Å². The molecule has 1 amide bonds. The van der Waals surface area contributed by atoms with Gasteiger partial charge in [-0.3, -0.25) is 4.79 Å². The quantitative estimate of drug-likeness (QED) is 0.518. The molecule has 0 aliphatic carbocycles. The number of halogens is 2. The van der Waals surface area contributed by atoms with E-state index in [2.05, 4.69) is 31.4 Å². The second kappa shape index (κ2) is 8.24. The van der Waals surface area contributed by atoms with Crippen LogP contribution in [0.3, 0.4) is 0 Å². The summed E-state index contributed by atoms with van der Waals surface area (Å²) >= 11 is 10.8. The number of rotatable bonds is 5. The number of amides is 1. The van der Waals surface area contributed by atoms with E-state index >= 15 is 0 Å². The van der Waals surface area contributed by atoms with E-state index in [0.29, 0.717) is 21.8 Å². The van der Waals surface area contributed by atoms with Crippen molar-refractivity contribution in [3.63, 3.8) is 0 Å². The molecule has 3 rings (SSSR count). The molecule has 0 aliphatic heterocycles. The van der Waals surface area contributed by atoms with Gasteiger partial charge in [0.25, 0.3) is 5.22 Å². The molecule has 26 heavy (non-hydrogen) atoms. The van der Waals surface area contributed by atoms with Crippen molar-refractivity contribution in [1.29, 1.82) is 0 Å². The summed E-state index contributed by atoms with van der Waals surface area (Å²) in [5, 5.41) is 11.7. The summed E-state index contributed by atoms with van der Waals surface area (Å²) in [7, 11) is 0. The number of benzene rings is 2. The molecule has 0 fully saturated rings. The number of carbonyl (C=O) groups excluding carboxylic acids is 1. The second-order valence-electron chi connectivity index (χ2n) is 5.66. The summed E-state index contributed by atoms with van der Waals surface area (Å²) in [5.41, 5.74) is 3.41. The van der Waals surface area contributed by atoms with Crippen LogP contribution in [0.2, 0.25) is 5.02 Å². The first-order valence-corrected chi connectivity index (χ1v) is 9.87. The Morgan fingerprint density at radius 3 is 2.65 bits per heavy atom. The third-order valence-corrected chi connectivity index (χ3v) is 5.17. The van der Waals surface area contributed by atoms with Gasteiger partial charge in [-0.2, -0.15) is 0 Å². The summed E-state index contributed by atoms with van der Waals surface area (Å²) < 4.78 is 6.56. The first-order valence-electron chi connectivity index (χ1n) is 7.71. The van der Waals surface area contributed by atoms with Crippen LogP contribution in [-0.4, -0.2) is 21.9 Å². The van der Waals surface area contributed by atoms with Gasteiger partial charge in [0.2, 0.25) is 11.8 Å². The van der Waals surface area contributed by atoms with Crippen LogP contribution >= 0.6 is 39.3 Å². The van der Waals surface area contributed by atoms with Gasteiger partial charge in [0, 0.05) is 10.0 Å². The molecule has 0 saturated heterocycles. The fourth-order valence-corrected chi connectivity index (χ4v) is 3.55. The Balaban J connectivity index is 1.61. The second-order valence-corrected chi connectivity index (χ2v) is 7.90. The number of aromatic nitrogens is 2. The first kappa shape index (κ1) is 18.9. The molecule has 5 nitrogen and oxygen atoms in total. The van der Waals surface area contributed by atoms with Gasteiger partial charge in [-0.05, 0) is 55.3 Å². The Kier molecular flexibility index (Phi) is 6.01. The maximum Gasteiger partial charge on any atom is 0.277 e. The van der Waals surface area contributed by atoms with Crippen LogP contribution in [-0.2, 0) is 4.79 Å². The molecule has 1 N–H and O–H groups in total. The topological polar surface area (TPSA) is 68.0 Å². The van der Waals surface area contributed by atoms with Crippen molar-refractivity contribution in [1.82, 2.24) is 10.2 Å². The number of hydrogen-bond donors (Lipinski definition) is 1. The number of anilines is 1. The number of aryl methyl sites for hydroxylation is 2. The molecule has 1 heterocycles. The lowest BCUT2D eigenvalue weighted by molar-refractivity contribution is -0.113. The number of hydrogen-bond acceptors (Lipinski definition) is 5. The largest absolute Gasteiger partial charge is 0.411 e. The van der Waals surface area contributed by atoms with Crippen LogP contribution in [0.15, 0.2) is 50.5 Å². The Morgan fingerprint density at radius 1 is 1.23 bits per heavy atom. The maximum atomic E-state index is 12.2. The summed E-state index contributed by atoms with van der Waals surface area (Å²) in [5.74, 6) is 0.371. The molecule has 3 aromatic rings. The molecule has 0 aliphatic rings. The van der Waals surface area contributed by atoms with Crippen LogP contribution in [0.25, 0.3) is 11.5 Å². The van der Waals surface area contributed by atoms with E-state index in [1.807, 2.05) is 50.2 Å². The molecule has 134 valence electrons. The summed E-state index contributed by atoms with van der Waals surface area (Å²) in [6.07, 6.45) is 0. The van der Waals surface area contributed by atoms with E-state index in [4.69, 9.17) is 16.0 Å². The SMILES string of the molecule is Cc1cc(C)c(NC(=O)CSc2nnc(-c3ccc(Br)cc3)o2)c(Cl)c1. The average molecular weight is 453 g/mol. The molecular weight excluding hydrogens is 438 g/mol. The zero-order valence-electron chi connectivity index (χ0n) is 14.0. The third-order valence-electron chi connectivity index (χ3n) is 3.52. The lowest BCUT2D eigenvalue weighted by Crippen LogP contribution is -2.15. The van der Waals surface area contributed by atoms with Gasteiger partial charge in [0.1, 0.15) is 0 Å². The van der Waals surface area contributed by atoms with Gasteiger partial charge in [-0.1, -0.05) is 45.4 Å². The lowest BCUT2D eigenvalue weighted by atomic mass is 10.1. The normalized spacial score (nSPS) is 10.8. The average Bonchev–Trinajstić information content (AvgIpc) is 3.06. The zero-order valence-corrected chi connectivity index (χ0v) is 17.2. The highest BCUT2D eigenvalue weighted by Crippen LogP contribution is 2.28. The van der Waals surface area contributed by atoms with Crippen LogP contribution in [0.5, 0.6) is 0 Å². The van der Waals surface area contributed by atoms with E-state index in [9.17, 15) is 4.79 Å². The third kappa shape index (κ3) is 4.66. The number of nitrogens with one attached hydrogen (secondary N) is 1. The number of carbonyl (C=O) groups is 1. The molecule has 0 bridgehead atoms. The van der Waals surface area contributed by atoms with Crippen molar-refractivity contribution in [3.05, 3.63) is 57.0 Å². The molecule has 0 atom stereocenters. The molecular formula is C18H15BrClN3O2S. The van der Waals surface area contributed by atoms with Crippen molar-refractivity contribution in [2.24, 2.45) is 0 Å². The summed E-state index contributed by atoms with van der Waals surface area (Å²) in [4.78, 5) is 12.2. The van der Waals surface area contributed by atoms with E-state index in [1.54, 1.807) is 0 Å². The molecule has 1 aromatic heterocycles. The minimum Gasteiger partial charge on any atom is -0.411 e. The molecule has 0 spiro atoms. The standard InChI is InChI=1S/C18H15BrClN3O2S/c1-10-7-11(2)16(14(20)8-10)21-15(24)9-26-18-23-22-17(25-18)12-3-5-13(19)6-4-12/h3-8H,9H2,1-2H3,(H,21,24). The van der Waals surface area contributed by atoms with E-state index in [-0.39, 0.29) is 11.7 Å². The minimum atomic E-state index is -0.188. The Hall–Kier alpha value is -1.83. The number of thioether (sulfide) groups is 1. The Bertz CT molecular complexity index is 921. The predicted molar refractivity (Wildman–Crippen MR) is 108 cm³/mol. The summed E-state index contributed by atoms with van der Waals surface area (Å²) in [6, 6.07) is 11.3. The lowest BCUT2D eigenvalue weighted by Gasteiger charge is -2.11. The van der Waals surface area contributed by atoms with Crippen molar-refractivity contribution < 1.29 is 9.21 Å². The maximum absolute atomic E-state index is 12.2. The first-order chi connectivity index (χ1) is 12.4. The van der Waals surface area contributed by atoms with E-state index < -0.39 is 0 Å². The van der Waals surface area contributed by atoms with Crippen LogP contribution in [0.1, 0.15) is 11.1 Å². The van der Waals surface area contributed by atoms with Crippen LogP contribution in [0.4, 0.5) is 5.69 Å². The Morgan fingerprint density at radius 2 is 1.96 bits per heavy atom. The van der Waals surface area contributed by atoms with Gasteiger partial charge in [-0.25, -0.2) is 0 Å². The highest BCUT2D eigenvalue weighted by molar-refractivity contribution is 9.10.